The summed E-state index contributed by atoms with van der Waals surface area (Å²) in [6.07, 6.45) is 2.22. The Morgan fingerprint density at radius 3 is 2.84 bits per heavy atom. The Hall–Kier alpha value is -1.36. The van der Waals surface area contributed by atoms with Crippen molar-refractivity contribution >= 4 is 38.6 Å². The van der Waals surface area contributed by atoms with Gasteiger partial charge in [-0.2, -0.15) is 0 Å². The van der Waals surface area contributed by atoms with Gasteiger partial charge >= 0.3 is 0 Å². The number of anilines is 1. The van der Waals surface area contributed by atoms with Gasteiger partial charge in [-0.1, -0.05) is 0 Å². The maximum Gasteiger partial charge on any atom is 0.221 e. The van der Waals surface area contributed by atoms with Crippen molar-refractivity contribution in [3.05, 3.63) is 21.4 Å². The van der Waals surface area contributed by atoms with Gasteiger partial charge in [-0.05, 0) is 53.7 Å². The summed E-state index contributed by atoms with van der Waals surface area (Å²) in [6.45, 7) is 6.66. The molecule has 1 aromatic carbocycles. The van der Waals surface area contributed by atoms with Crippen LogP contribution >= 0.6 is 15.9 Å². The zero-order valence-electron chi connectivity index (χ0n) is 11.3. The normalized spacial score (nSPS) is 13.9. The molecule has 0 radical (unpaired) electrons. The molecule has 2 aromatic rings. The lowest BCUT2D eigenvalue weighted by Gasteiger charge is -2.20. The molecule has 1 N–H and O–H groups in total. The second kappa shape index (κ2) is 4.34. The number of carbonyl (C=O) groups is 1. The van der Waals surface area contributed by atoms with Crippen LogP contribution in [-0.4, -0.2) is 15.5 Å². The third-order valence-corrected chi connectivity index (χ3v) is 4.78. The van der Waals surface area contributed by atoms with Gasteiger partial charge in [0.2, 0.25) is 5.91 Å². The van der Waals surface area contributed by atoms with Gasteiger partial charge in [0.05, 0.1) is 11.2 Å². The molecule has 0 saturated carbocycles. The molecule has 1 aliphatic rings. The molecule has 0 spiro atoms. The molecule has 0 aliphatic carbocycles. The summed E-state index contributed by atoms with van der Waals surface area (Å²) in [5.74, 6) is 0.943. The molecule has 4 nitrogen and oxygen atoms in total. The number of hydrogen-bond donors (Lipinski definition) is 1. The van der Waals surface area contributed by atoms with E-state index in [-0.39, 0.29) is 5.91 Å². The summed E-state index contributed by atoms with van der Waals surface area (Å²) in [7, 11) is 0. The van der Waals surface area contributed by atoms with Crippen LogP contribution in [0.4, 0.5) is 5.69 Å². The van der Waals surface area contributed by atoms with Crippen molar-refractivity contribution in [3.63, 3.8) is 0 Å². The molecule has 100 valence electrons. The number of nitrogens with zero attached hydrogens (tertiary/aromatic N) is 2. The minimum Gasteiger partial charge on any atom is -0.328 e. The number of amides is 1. The van der Waals surface area contributed by atoms with Crippen LogP contribution in [0.15, 0.2) is 4.47 Å². The summed E-state index contributed by atoms with van der Waals surface area (Å²) < 4.78 is 3.22. The fourth-order valence-corrected chi connectivity index (χ4v) is 3.46. The Labute approximate surface area is 120 Å². The molecule has 2 heterocycles. The standard InChI is InChI=1S/C14H16BrN3O/c1-7-10-5-4-6-18-8(2)16-13(14(10)18)12(11(7)15)17-9(3)19/h4-6H2,1-3H3,(H,17,19). The topological polar surface area (TPSA) is 46.9 Å². The van der Waals surface area contributed by atoms with Gasteiger partial charge in [-0.3, -0.25) is 4.79 Å². The van der Waals surface area contributed by atoms with Crippen molar-refractivity contribution in [3.8, 4) is 0 Å². The first-order chi connectivity index (χ1) is 9.00. The average molecular weight is 322 g/mol. The molecule has 0 unspecified atom stereocenters. The summed E-state index contributed by atoms with van der Waals surface area (Å²) >= 11 is 3.62. The van der Waals surface area contributed by atoms with Crippen molar-refractivity contribution in [2.24, 2.45) is 0 Å². The van der Waals surface area contributed by atoms with Crippen LogP contribution in [0.3, 0.4) is 0 Å². The highest BCUT2D eigenvalue weighted by Crippen LogP contribution is 2.40. The highest BCUT2D eigenvalue weighted by Gasteiger charge is 2.24. The number of aryl methyl sites for hydroxylation is 3. The van der Waals surface area contributed by atoms with Gasteiger partial charge in [-0.15, -0.1) is 0 Å². The van der Waals surface area contributed by atoms with E-state index in [1.165, 1.54) is 23.6 Å². The summed E-state index contributed by atoms with van der Waals surface area (Å²) in [6, 6.07) is 0. The van der Waals surface area contributed by atoms with Crippen LogP contribution in [0.5, 0.6) is 0 Å². The van der Waals surface area contributed by atoms with Crippen LogP contribution in [0, 0.1) is 13.8 Å². The van der Waals surface area contributed by atoms with Crippen molar-refractivity contribution in [2.45, 2.75) is 40.2 Å². The molecule has 0 atom stereocenters. The van der Waals surface area contributed by atoms with Crippen molar-refractivity contribution in [1.29, 1.82) is 0 Å². The van der Waals surface area contributed by atoms with Crippen LogP contribution in [0.2, 0.25) is 0 Å². The molecular weight excluding hydrogens is 306 g/mol. The number of benzene rings is 1. The number of nitrogens with one attached hydrogen (secondary N) is 1. The second-order valence-electron chi connectivity index (χ2n) is 5.09. The Bertz CT molecular complexity index is 703. The predicted octanol–water partition coefficient (Wildman–Crippen LogP) is 3.32. The quantitative estimate of drug-likeness (QED) is 0.875. The first-order valence-electron chi connectivity index (χ1n) is 6.46. The summed E-state index contributed by atoms with van der Waals surface area (Å²) in [4.78, 5) is 16.1. The van der Waals surface area contributed by atoms with Crippen LogP contribution in [-0.2, 0) is 17.8 Å². The summed E-state index contributed by atoms with van der Waals surface area (Å²) in [5.41, 5.74) is 5.44. The lowest BCUT2D eigenvalue weighted by atomic mass is 9.98. The second-order valence-corrected chi connectivity index (χ2v) is 5.88. The monoisotopic (exact) mass is 321 g/mol. The fourth-order valence-electron chi connectivity index (χ4n) is 2.93. The number of imidazole rings is 1. The van der Waals surface area contributed by atoms with E-state index in [1.54, 1.807) is 0 Å². The maximum absolute atomic E-state index is 11.4. The van der Waals surface area contributed by atoms with E-state index in [0.29, 0.717) is 0 Å². The van der Waals surface area contributed by atoms with Crippen molar-refractivity contribution in [1.82, 2.24) is 9.55 Å². The molecule has 0 fully saturated rings. The third kappa shape index (κ3) is 1.79. The first-order valence-corrected chi connectivity index (χ1v) is 7.25. The molecule has 0 bridgehead atoms. The van der Waals surface area contributed by atoms with Gasteiger partial charge < -0.3 is 9.88 Å². The van der Waals surface area contributed by atoms with Gasteiger partial charge in [0.15, 0.2) is 0 Å². The lowest BCUT2D eigenvalue weighted by Crippen LogP contribution is -2.13. The maximum atomic E-state index is 11.4. The van der Waals surface area contributed by atoms with E-state index in [0.717, 1.165) is 40.9 Å². The highest BCUT2D eigenvalue weighted by atomic mass is 79.9. The van der Waals surface area contributed by atoms with Crippen LogP contribution < -0.4 is 5.32 Å². The molecule has 3 rings (SSSR count). The largest absolute Gasteiger partial charge is 0.328 e. The molecule has 1 amide bonds. The molecule has 5 heteroatoms. The van der Waals surface area contributed by atoms with Crippen LogP contribution in [0.1, 0.15) is 30.3 Å². The van der Waals surface area contributed by atoms with Crippen molar-refractivity contribution in [2.75, 3.05) is 5.32 Å². The Morgan fingerprint density at radius 2 is 2.16 bits per heavy atom. The van der Waals surface area contributed by atoms with Gasteiger partial charge in [0, 0.05) is 17.9 Å². The van der Waals surface area contributed by atoms with Crippen molar-refractivity contribution < 1.29 is 4.79 Å². The number of halogens is 1. The SMILES string of the molecule is CC(=O)Nc1c(Br)c(C)c2c3c1nc(C)n3CCC2. The predicted molar refractivity (Wildman–Crippen MR) is 79.5 cm³/mol. The highest BCUT2D eigenvalue weighted by molar-refractivity contribution is 9.10. The molecule has 1 aromatic heterocycles. The minimum absolute atomic E-state index is 0.0709. The number of rotatable bonds is 1. The smallest absolute Gasteiger partial charge is 0.221 e. The van der Waals surface area contributed by atoms with E-state index < -0.39 is 0 Å². The van der Waals surface area contributed by atoms with E-state index in [9.17, 15) is 4.79 Å². The Morgan fingerprint density at radius 1 is 1.42 bits per heavy atom. The van der Waals surface area contributed by atoms with Gasteiger partial charge in [0.1, 0.15) is 11.3 Å². The Balaban J connectivity index is 2.42. The van der Waals surface area contributed by atoms with Gasteiger partial charge in [0.25, 0.3) is 0 Å². The van der Waals surface area contributed by atoms with E-state index in [1.807, 2.05) is 6.92 Å². The molecular formula is C14H16BrN3O. The van der Waals surface area contributed by atoms with E-state index in [4.69, 9.17) is 0 Å². The molecule has 0 saturated heterocycles. The third-order valence-electron chi connectivity index (χ3n) is 3.79. The molecule has 1 aliphatic heterocycles. The lowest BCUT2D eigenvalue weighted by molar-refractivity contribution is -0.114. The van der Waals surface area contributed by atoms with E-state index >= 15 is 0 Å². The minimum atomic E-state index is -0.0709. The fraction of sp³-hybridized carbons (Fsp3) is 0.429. The zero-order valence-corrected chi connectivity index (χ0v) is 12.9. The molecule has 19 heavy (non-hydrogen) atoms. The van der Waals surface area contributed by atoms with E-state index in [2.05, 4.69) is 37.7 Å². The average Bonchev–Trinajstić information content (AvgIpc) is 2.70. The number of aromatic nitrogens is 2. The number of hydrogen-bond acceptors (Lipinski definition) is 2. The first kappa shape index (κ1) is 12.7. The number of carbonyl (C=O) groups excluding carboxylic acids is 1. The van der Waals surface area contributed by atoms with Crippen LogP contribution in [0.25, 0.3) is 11.0 Å². The van der Waals surface area contributed by atoms with Gasteiger partial charge in [-0.25, -0.2) is 4.98 Å². The summed E-state index contributed by atoms with van der Waals surface area (Å²) in [5, 5.41) is 2.91. The Kier molecular flexibility index (Phi) is 2.89. The zero-order chi connectivity index (χ0) is 13.7.